The van der Waals surface area contributed by atoms with Gasteiger partial charge in [-0.3, -0.25) is 0 Å². The Kier molecular flexibility index (Phi) is 7.61. The van der Waals surface area contributed by atoms with Crippen molar-refractivity contribution in [3.63, 3.8) is 0 Å². The van der Waals surface area contributed by atoms with Crippen LogP contribution in [0, 0.1) is 0 Å². The van der Waals surface area contributed by atoms with Gasteiger partial charge >= 0.3 is 0 Å². The molecule has 0 saturated heterocycles. The topological polar surface area (TPSA) is 64.1 Å². The Labute approximate surface area is 155 Å². The molecule has 0 heterocycles. The number of hydrogen-bond donors (Lipinski definition) is 2. The Balaban J connectivity index is 2.13. The summed E-state index contributed by atoms with van der Waals surface area (Å²) in [5.41, 5.74) is 1.95. The van der Waals surface area contributed by atoms with Gasteiger partial charge in [0.05, 0.1) is 27.4 Å². The quantitative estimate of drug-likeness (QED) is 0.557. The second-order valence-corrected chi connectivity index (χ2v) is 5.47. The normalized spacial score (nSPS) is 11.0. The van der Waals surface area contributed by atoms with Crippen LogP contribution in [0.3, 0.4) is 0 Å². The third kappa shape index (κ3) is 5.58. The van der Waals surface area contributed by atoms with Crippen LogP contribution in [-0.2, 0) is 6.54 Å². The van der Waals surface area contributed by atoms with Crippen LogP contribution >= 0.6 is 0 Å². The SMILES string of the molecule is CCNC(=NCc1cccc(OC)c1)Nc1ccc(OCC)c(OC)c1. The highest BCUT2D eigenvalue weighted by molar-refractivity contribution is 5.93. The van der Waals surface area contributed by atoms with Gasteiger partial charge in [0.1, 0.15) is 5.75 Å². The molecule has 6 nitrogen and oxygen atoms in total. The maximum Gasteiger partial charge on any atom is 0.196 e. The third-order valence-corrected chi connectivity index (χ3v) is 3.62. The summed E-state index contributed by atoms with van der Waals surface area (Å²) in [6, 6.07) is 13.6. The van der Waals surface area contributed by atoms with Crippen LogP contribution in [0.4, 0.5) is 5.69 Å². The molecule has 0 fully saturated rings. The first-order chi connectivity index (χ1) is 12.7. The van der Waals surface area contributed by atoms with Gasteiger partial charge in [0.25, 0.3) is 0 Å². The van der Waals surface area contributed by atoms with Crippen LogP contribution in [0.1, 0.15) is 19.4 Å². The summed E-state index contributed by atoms with van der Waals surface area (Å²) in [5.74, 6) is 2.92. The van der Waals surface area contributed by atoms with Crippen LogP contribution in [0.2, 0.25) is 0 Å². The van der Waals surface area contributed by atoms with Gasteiger partial charge in [-0.25, -0.2) is 4.99 Å². The summed E-state index contributed by atoms with van der Waals surface area (Å²) in [6.07, 6.45) is 0. The van der Waals surface area contributed by atoms with Crippen molar-refractivity contribution in [2.45, 2.75) is 20.4 Å². The molecule has 0 saturated carbocycles. The van der Waals surface area contributed by atoms with Crippen LogP contribution in [0.15, 0.2) is 47.5 Å². The van der Waals surface area contributed by atoms with E-state index in [1.165, 1.54) is 0 Å². The van der Waals surface area contributed by atoms with Crippen molar-refractivity contribution in [3.05, 3.63) is 48.0 Å². The van der Waals surface area contributed by atoms with E-state index in [9.17, 15) is 0 Å². The van der Waals surface area contributed by atoms with E-state index in [4.69, 9.17) is 14.2 Å². The van der Waals surface area contributed by atoms with E-state index < -0.39 is 0 Å². The maximum absolute atomic E-state index is 5.55. The molecule has 0 unspecified atom stereocenters. The smallest absolute Gasteiger partial charge is 0.196 e. The van der Waals surface area contributed by atoms with Crippen LogP contribution in [0.25, 0.3) is 0 Å². The Hall–Kier alpha value is -2.89. The summed E-state index contributed by atoms with van der Waals surface area (Å²) >= 11 is 0. The predicted octanol–water partition coefficient (Wildman–Crippen LogP) is 3.68. The fraction of sp³-hybridized carbons (Fsp3) is 0.350. The van der Waals surface area contributed by atoms with E-state index in [-0.39, 0.29) is 0 Å². The average Bonchev–Trinajstić information content (AvgIpc) is 2.67. The number of aliphatic imine (C=N–C) groups is 1. The lowest BCUT2D eigenvalue weighted by molar-refractivity contribution is 0.311. The molecule has 0 aliphatic rings. The molecule has 2 aromatic carbocycles. The van der Waals surface area contributed by atoms with Crippen molar-refractivity contribution in [2.24, 2.45) is 4.99 Å². The molecule has 6 heteroatoms. The number of nitrogens with one attached hydrogen (secondary N) is 2. The van der Waals surface area contributed by atoms with E-state index in [0.29, 0.717) is 24.9 Å². The Morgan fingerprint density at radius 1 is 1.00 bits per heavy atom. The molecule has 0 radical (unpaired) electrons. The maximum atomic E-state index is 5.55. The van der Waals surface area contributed by atoms with Crippen molar-refractivity contribution in [1.29, 1.82) is 0 Å². The number of guanidine groups is 1. The first kappa shape index (κ1) is 19.4. The molecular weight excluding hydrogens is 330 g/mol. The summed E-state index contributed by atoms with van der Waals surface area (Å²) in [4.78, 5) is 4.64. The van der Waals surface area contributed by atoms with Crippen molar-refractivity contribution in [1.82, 2.24) is 5.32 Å². The molecule has 0 amide bonds. The minimum Gasteiger partial charge on any atom is -0.497 e. The van der Waals surface area contributed by atoms with Gasteiger partial charge in [-0.1, -0.05) is 12.1 Å². The van der Waals surface area contributed by atoms with E-state index in [1.54, 1.807) is 14.2 Å². The first-order valence-corrected chi connectivity index (χ1v) is 8.69. The highest BCUT2D eigenvalue weighted by Crippen LogP contribution is 2.30. The van der Waals surface area contributed by atoms with Crippen molar-refractivity contribution >= 4 is 11.6 Å². The molecule has 0 bridgehead atoms. The third-order valence-electron chi connectivity index (χ3n) is 3.62. The lowest BCUT2D eigenvalue weighted by Crippen LogP contribution is -2.30. The number of benzene rings is 2. The van der Waals surface area contributed by atoms with Crippen molar-refractivity contribution in [3.8, 4) is 17.2 Å². The standard InChI is InChI=1S/C20H27N3O3/c1-5-21-20(22-14-15-8-7-9-17(12-15)24-3)23-16-10-11-18(26-6-2)19(13-16)25-4/h7-13H,5-6,14H2,1-4H3,(H2,21,22,23). The minimum atomic E-state index is 0.542. The van der Waals surface area contributed by atoms with Gasteiger partial charge in [-0.2, -0.15) is 0 Å². The number of methoxy groups -OCH3 is 2. The van der Waals surface area contributed by atoms with Gasteiger partial charge in [0.2, 0.25) is 0 Å². The van der Waals surface area contributed by atoms with Crippen molar-refractivity contribution in [2.75, 3.05) is 32.7 Å². The number of ether oxygens (including phenoxy) is 3. The number of rotatable bonds is 8. The summed E-state index contributed by atoms with van der Waals surface area (Å²) in [7, 11) is 3.29. The largest absolute Gasteiger partial charge is 0.497 e. The molecule has 2 N–H and O–H groups in total. The van der Waals surface area contributed by atoms with Crippen LogP contribution in [-0.4, -0.2) is 33.3 Å². The van der Waals surface area contributed by atoms with Gasteiger partial charge in [-0.15, -0.1) is 0 Å². The zero-order chi connectivity index (χ0) is 18.8. The van der Waals surface area contributed by atoms with Gasteiger partial charge < -0.3 is 24.8 Å². The van der Waals surface area contributed by atoms with E-state index in [0.717, 1.165) is 29.3 Å². The molecular formula is C20H27N3O3. The highest BCUT2D eigenvalue weighted by atomic mass is 16.5. The average molecular weight is 357 g/mol. The molecule has 2 aromatic rings. The number of nitrogens with zero attached hydrogens (tertiary/aromatic N) is 1. The molecule has 0 atom stereocenters. The lowest BCUT2D eigenvalue weighted by atomic mass is 10.2. The highest BCUT2D eigenvalue weighted by Gasteiger charge is 2.07. The van der Waals surface area contributed by atoms with Crippen molar-refractivity contribution < 1.29 is 14.2 Å². The number of anilines is 1. The monoisotopic (exact) mass is 357 g/mol. The van der Waals surface area contributed by atoms with Gasteiger partial charge in [0, 0.05) is 18.3 Å². The summed E-state index contributed by atoms with van der Waals surface area (Å²) < 4.78 is 16.2. The second kappa shape index (κ2) is 10.2. The fourth-order valence-electron chi connectivity index (χ4n) is 2.41. The first-order valence-electron chi connectivity index (χ1n) is 8.69. The molecule has 2 rings (SSSR count). The van der Waals surface area contributed by atoms with Crippen LogP contribution < -0.4 is 24.8 Å². The van der Waals surface area contributed by atoms with Crippen LogP contribution in [0.5, 0.6) is 17.2 Å². The summed E-state index contributed by atoms with van der Waals surface area (Å²) in [6.45, 7) is 5.87. The number of hydrogen-bond acceptors (Lipinski definition) is 4. The Morgan fingerprint density at radius 3 is 2.54 bits per heavy atom. The molecule has 0 aliphatic heterocycles. The van der Waals surface area contributed by atoms with Gasteiger partial charge in [-0.05, 0) is 43.7 Å². The molecule has 0 aromatic heterocycles. The second-order valence-electron chi connectivity index (χ2n) is 5.47. The summed E-state index contributed by atoms with van der Waals surface area (Å²) in [5, 5.41) is 6.54. The van der Waals surface area contributed by atoms with E-state index in [2.05, 4.69) is 15.6 Å². The van der Waals surface area contributed by atoms with E-state index in [1.807, 2.05) is 56.3 Å². The minimum absolute atomic E-state index is 0.542. The molecule has 140 valence electrons. The lowest BCUT2D eigenvalue weighted by Gasteiger charge is -2.14. The molecule has 0 aliphatic carbocycles. The Bertz CT molecular complexity index is 732. The fourth-order valence-corrected chi connectivity index (χ4v) is 2.41. The molecule has 0 spiro atoms. The predicted molar refractivity (Wildman–Crippen MR) is 106 cm³/mol. The molecule has 26 heavy (non-hydrogen) atoms. The van der Waals surface area contributed by atoms with Gasteiger partial charge in [0.15, 0.2) is 17.5 Å². The Morgan fingerprint density at radius 2 is 1.85 bits per heavy atom. The zero-order valence-electron chi connectivity index (χ0n) is 15.8. The van der Waals surface area contributed by atoms with E-state index >= 15 is 0 Å². The zero-order valence-corrected chi connectivity index (χ0v) is 15.8.